The monoisotopic (exact) mass is 666 g/mol. The zero-order valence-corrected chi connectivity index (χ0v) is 29.5. The summed E-state index contributed by atoms with van der Waals surface area (Å²) in [7, 11) is -4.59. The second-order valence-corrected chi connectivity index (χ2v) is 13.7. The highest BCUT2D eigenvalue weighted by Gasteiger charge is 2.27. The van der Waals surface area contributed by atoms with Crippen LogP contribution in [0, 0.1) is 0 Å². The fraction of sp³-hybridized carbons (Fsp3) is 0.941. The molecule has 11 heteroatoms. The molecular formula is C34H67O10P. The lowest BCUT2D eigenvalue weighted by molar-refractivity contribution is -0.161. The molecule has 3 unspecified atom stereocenters. The van der Waals surface area contributed by atoms with Crippen LogP contribution in [0.5, 0.6) is 0 Å². The van der Waals surface area contributed by atoms with Crippen LogP contribution in [0.15, 0.2) is 0 Å². The molecule has 0 aliphatic rings. The van der Waals surface area contributed by atoms with Crippen LogP contribution in [0.2, 0.25) is 0 Å². The van der Waals surface area contributed by atoms with Crippen molar-refractivity contribution >= 4 is 19.8 Å². The first kappa shape index (κ1) is 44.0. The molecule has 0 amide bonds. The van der Waals surface area contributed by atoms with Crippen LogP contribution in [0.4, 0.5) is 0 Å². The molecule has 0 spiro atoms. The van der Waals surface area contributed by atoms with E-state index in [4.69, 9.17) is 19.1 Å². The largest absolute Gasteiger partial charge is 0.472 e. The summed E-state index contributed by atoms with van der Waals surface area (Å²) in [6.07, 6.45) is 24.3. The van der Waals surface area contributed by atoms with Gasteiger partial charge in [-0.05, 0) is 12.8 Å². The van der Waals surface area contributed by atoms with E-state index in [1.807, 2.05) is 0 Å². The number of phosphoric acid groups is 1. The highest BCUT2D eigenvalue weighted by atomic mass is 31.2. The van der Waals surface area contributed by atoms with Crippen molar-refractivity contribution in [2.24, 2.45) is 0 Å². The van der Waals surface area contributed by atoms with E-state index in [2.05, 4.69) is 18.4 Å². The Morgan fingerprint density at radius 1 is 0.578 bits per heavy atom. The van der Waals surface area contributed by atoms with E-state index < -0.39 is 51.8 Å². The van der Waals surface area contributed by atoms with E-state index in [0.29, 0.717) is 12.8 Å². The molecule has 0 aliphatic heterocycles. The highest BCUT2D eigenvalue weighted by Crippen LogP contribution is 2.43. The summed E-state index contributed by atoms with van der Waals surface area (Å²) in [6.45, 7) is 2.24. The molecule has 0 aliphatic carbocycles. The van der Waals surface area contributed by atoms with Gasteiger partial charge in [0, 0.05) is 12.8 Å². The minimum Gasteiger partial charge on any atom is -0.462 e. The first-order valence-corrected chi connectivity index (χ1v) is 19.5. The molecule has 0 aromatic carbocycles. The summed E-state index contributed by atoms with van der Waals surface area (Å²) < 4.78 is 32.3. The van der Waals surface area contributed by atoms with Crippen molar-refractivity contribution < 1.29 is 47.8 Å². The normalized spacial score (nSPS) is 14.2. The number of aliphatic hydroxyl groups is 2. The average molecular weight is 667 g/mol. The quantitative estimate of drug-likeness (QED) is 0.0348. The molecule has 0 radical (unpaired) electrons. The molecule has 0 aromatic rings. The Hall–Kier alpha value is -1.03. The van der Waals surface area contributed by atoms with Crippen molar-refractivity contribution in [2.75, 3.05) is 26.4 Å². The van der Waals surface area contributed by atoms with Gasteiger partial charge in [0.2, 0.25) is 0 Å². The van der Waals surface area contributed by atoms with Gasteiger partial charge in [0.15, 0.2) is 6.10 Å². The van der Waals surface area contributed by atoms with Gasteiger partial charge >= 0.3 is 19.8 Å². The number of carbonyl (C=O) groups excluding carboxylic acids is 2. The van der Waals surface area contributed by atoms with E-state index >= 15 is 0 Å². The molecular weight excluding hydrogens is 599 g/mol. The first-order valence-electron chi connectivity index (χ1n) is 18.0. The number of carbonyl (C=O) groups is 2. The lowest BCUT2D eigenvalue weighted by atomic mass is 10.0. The summed E-state index contributed by atoms with van der Waals surface area (Å²) in [5.74, 6) is -0.936. The van der Waals surface area contributed by atoms with Crippen LogP contribution < -0.4 is 0 Å². The number of hydrogen-bond acceptors (Lipinski definition) is 9. The van der Waals surface area contributed by atoms with Crippen LogP contribution in [0.1, 0.15) is 168 Å². The number of phosphoric ester groups is 1. The van der Waals surface area contributed by atoms with Gasteiger partial charge in [0.1, 0.15) is 12.7 Å². The molecule has 45 heavy (non-hydrogen) atoms. The van der Waals surface area contributed by atoms with Crippen LogP contribution in [-0.4, -0.2) is 65.7 Å². The van der Waals surface area contributed by atoms with Gasteiger partial charge in [-0.1, -0.05) is 142 Å². The number of esters is 2. The lowest BCUT2D eigenvalue weighted by Gasteiger charge is -2.20. The summed E-state index contributed by atoms with van der Waals surface area (Å²) >= 11 is 0. The Balaban J connectivity index is 4.13. The standard InChI is InChI=1S/C34H67O10P/c1-3-5-7-9-10-11-12-13-14-15-16-17-18-19-20-21-22-24-26-34(38)44-32(29-41-33(37)25-23-8-6-4-2)30-43-45(39,40)42-28-31(36)27-35/h31-32,35-36H,3-30H2,1-2H3,(H,39,40). The lowest BCUT2D eigenvalue weighted by Crippen LogP contribution is -2.29. The number of unbranched alkanes of at least 4 members (excludes halogenated alkanes) is 20. The summed E-state index contributed by atoms with van der Waals surface area (Å²) in [5, 5.41) is 18.2. The minimum absolute atomic E-state index is 0.191. The first-order chi connectivity index (χ1) is 21.7. The fourth-order valence-corrected chi connectivity index (χ4v) is 5.72. The molecule has 268 valence electrons. The molecule has 0 saturated heterocycles. The van der Waals surface area contributed by atoms with E-state index in [0.717, 1.165) is 38.5 Å². The zero-order chi connectivity index (χ0) is 33.4. The molecule has 0 rings (SSSR count). The maximum atomic E-state index is 12.5. The van der Waals surface area contributed by atoms with Gasteiger partial charge in [-0.25, -0.2) is 4.57 Å². The molecule has 0 aromatic heterocycles. The second kappa shape index (κ2) is 31.6. The highest BCUT2D eigenvalue weighted by molar-refractivity contribution is 7.47. The van der Waals surface area contributed by atoms with Gasteiger partial charge < -0.3 is 24.6 Å². The van der Waals surface area contributed by atoms with E-state index in [1.54, 1.807) is 0 Å². The number of aliphatic hydroxyl groups excluding tert-OH is 2. The number of rotatable bonds is 34. The van der Waals surface area contributed by atoms with E-state index in [1.165, 1.54) is 89.9 Å². The molecule has 0 heterocycles. The number of hydrogen-bond donors (Lipinski definition) is 3. The second-order valence-electron chi connectivity index (χ2n) is 12.3. The number of ether oxygens (including phenoxy) is 2. The van der Waals surface area contributed by atoms with Crippen LogP contribution in [-0.2, 0) is 32.7 Å². The Morgan fingerprint density at radius 2 is 0.956 bits per heavy atom. The van der Waals surface area contributed by atoms with Gasteiger partial charge in [-0.3, -0.25) is 18.6 Å². The van der Waals surface area contributed by atoms with Crippen molar-refractivity contribution in [3.63, 3.8) is 0 Å². The zero-order valence-electron chi connectivity index (χ0n) is 28.6. The van der Waals surface area contributed by atoms with Crippen LogP contribution in [0.25, 0.3) is 0 Å². The van der Waals surface area contributed by atoms with Crippen molar-refractivity contribution in [2.45, 2.75) is 180 Å². The van der Waals surface area contributed by atoms with Crippen LogP contribution in [0.3, 0.4) is 0 Å². The third-order valence-electron chi connectivity index (χ3n) is 7.76. The third-order valence-corrected chi connectivity index (χ3v) is 8.71. The molecule has 3 atom stereocenters. The van der Waals surface area contributed by atoms with Crippen molar-refractivity contribution in [3.8, 4) is 0 Å². The average Bonchev–Trinajstić information content (AvgIpc) is 3.02. The van der Waals surface area contributed by atoms with E-state index in [-0.39, 0.29) is 19.4 Å². The third kappa shape index (κ3) is 31.3. The van der Waals surface area contributed by atoms with Crippen molar-refractivity contribution in [1.82, 2.24) is 0 Å². The topological polar surface area (TPSA) is 149 Å². The Morgan fingerprint density at radius 3 is 1.40 bits per heavy atom. The van der Waals surface area contributed by atoms with Crippen LogP contribution >= 0.6 is 7.82 Å². The Bertz CT molecular complexity index is 736. The molecule has 0 fully saturated rings. The van der Waals surface area contributed by atoms with Gasteiger partial charge in [-0.2, -0.15) is 0 Å². The minimum atomic E-state index is -4.59. The predicted molar refractivity (Wildman–Crippen MR) is 178 cm³/mol. The van der Waals surface area contributed by atoms with Gasteiger partial charge in [-0.15, -0.1) is 0 Å². The molecule has 3 N–H and O–H groups in total. The molecule has 0 bridgehead atoms. The Labute approximate surface area is 273 Å². The van der Waals surface area contributed by atoms with Gasteiger partial charge in [0.25, 0.3) is 0 Å². The molecule has 10 nitrogen and oxygen atoms in total. The molecule has 0 saturated carbocycles. The predicted octanol–water partition coefficient (Wildman–Crippen LogP) is 8.33. The van der Waals surface area contributed by atoms with Crippen molar-refractivity contribution in [1.29, 1.82) is 0 Å². The smallest absolute Gasteiger partial charge is 0.462 e. The van der Waals surface area contributed by atoms with Crippen molar-refractivity contribution in [3.05, 3.63) is 0 Å². The summed E-state index contributed by atoms with van der Waals surface area (Å²) in [6, 6.07) is 0. The summed E-state index contributed by atoms with van der Waals surface area (Å²) in [5.41, 5.74) is 0. The SMILES string of the molecule is CCCCCCCCCCCCCCCCCCCCC(=O)OC(COC(=O)CCCCCC)COP(=O)(O)OCC(O)CO. The van der Waals surface area contributed by atoms with E-state index in [9.17, 15) is 24.2 Å². The fourth-order valence-electron chi connectivity index (χ4n) is 4.93. The Kier molecular flexibility index (Phi) is 30.8. The van der Waals surface area contributed by atoms with Gasteiger partial charge in [0.05, 0.1) is 19.8 Å². The maximum Gasteiger partial charge on any atom is 0.472 e. The maximum absolute atomic E-state index is 12.5. The summed E-state index contributed by atoms with van der Waals surface area (Å²) in [4.78, 5) is 34.4.